The maximum Gasteiger partial charge on any atom is 0.227 e. The number of methoxy groups -OCH3 is 1. The van der Waals surface area contributed by atoms with Crippen molar-refractivity contribution in [2.45, 2.75) is 25.7 Å². The van der Waals surface area contributed by atoms with Crippen molar-refractivity contribution in [1.82, 2.24) is 9.88 Å². The maximum atomic E-state index is 12.3. The Bertz CT molecular complexity index is 546. The number of rotatable bonds is 4. The quantitative estimate of drug-likeness (QED) is 0.918. The van der Waals surface area contributed by atoms with E-state index in [0.717, 1.165) is 25.7 Å². The van der Waals surface area contributed by atoms with Gasteiger partial charge in [0.1, 0.15) is 0 Å². The summed E-state index contributed by atoms with van der Waals surface area (Å²) < 4.78 is 4.99. The van der Waals surface area contributed by atoms with Crippen LogP contribution in [-0.4, -0.2) is 41.9 Å². The van der Waals surface area contributed by atoms with E-state index in [1.165, 1.54) is 0 Å². The third-order valence-electron chi connectivity index (χ3n) is 4.32. The van der Waals surface area contributed by atoms with Crippen molar-refractivity contribution in [1.29, 1.82) is 0 Å². The molecule has 1 aliphatic carbocycles. The van der Waals surface area contributed by atoms with Crippen LogP contribution in [-0.2, 0) is 9.59 Å². The summed E-state index contributed by atoms with van der Waals surface area (Å²) in [5.74, 6) is 1.02. The zero-order valence-electron chi connectivity index (χ0n) is 12.7. The third kappa shape index (κ3) is 3.37. The molecule has 3 rings (SSSR count). The van der Waals surface area contributed by atoms with Gasteiger partial charge in [0, 0.05) is 31.0 Å². The molecule has 118 valence electrons. The lowest BCUT2D eigenvalue weighted by atomic mass is 9.95. The fourth-order valence-corrected chi connectivity index (χ4v) is 2.77. The van der Waals surface area contributed by atoms with Gasteiger partial charge in [-0.15, -0.1) is 0 Å². The van der Waals surface area contributed by atoms with Gasteiger partial charge in [0.15, 0.2) is 0 Å². The molecule has 0 atom stereocenters. The zero-order valence-corrected chi connectivity index (χ0v) is 12.7. The molecule has 6 nitrogen and oxygen atoms in total. The molecule has 22 heavy (non-hydrogen) atoms. The minimum Gasteiger partial charge on any atom is -0.481 e. The first-order valence-electron chi connectivity index (χ1n) is 7.77. The number of ether oxygens (including phenoxy) is 1. The molecule has 1 saturated heterocycles. The molecule has 1 saturated carbocycles. The summed E-state index contributed by atoms with van der Waals surface area (Å²) in [5, 5.41) is 2.88. The van der Waals surface area contributed by atoms with Crippen molar-refractivity contribution in [3.63, 3.8) is 0 Å². The number of likely N-dealkylation sites (tertiary alicyclic amines) is 1. The Labute approximate surface area is 129 Å². The van der Waals surface area contributed by atoms with Crippen LogP contribution in [0.25, 0.3) is 0 Å². The number of hydrogen-bond donors (Lipinski definition) is 1. The molecule has 2 heterocycles. The monoisotopic (exact) mass is 303 g/mol. The second kappa shape index (κ2) is 6.34. The van der Waals surface area contributed by atoms with Gasteiger partial charge in [-0.1, -0.05) is 0 Å². The van der Waals surface area contributed by atoms with Crippen molar-refractivity contribution in [3.8, 4) is 5.88 Å². The molecule has 6 heteroatoms. The molecule has 0 bridgehead atoms. The number of pyridine rings is 1. The molecular formula is C16H21N3O3. The maximum absolute atomic E-state index is 12.3. The second-order valence-corrected chi connectivity index (χ2v) is 5.95. The Hall–Kier alpha value is -2.11. The minimum atomic E-state index is -0.0367. The first kappa shape index (κ1) is 14.8. The standard InChI is InChI=1S/C16H21N3O3/c1-22-14-5-4-13(10-17-14)18-15(20)11-6-8-19(9-7-11)16(21)12-2-3-12/h4-5,10-12H,2-3,6-9H2,1H3,(H,18,20). The average molecular weight is 303 g/mol. The number of amides is 2. The SMILES string of the molecule is COc1ccc(NC(=O)C2CCN(C(=O)C3CC3)CC2)cn1. The van der Waals surface area contributed by atoms with Crippen LogP contribution in [0.2, 0.25) is 0 Å². The van der Waals surface area contributed by atoms with Crippen LogP contribution in [0.1, 0.15) is 25.7 Å². The summed E-state index contributed by atoms with van der Waals surface area (Å²) in [6, 6.07) is 3.49. The van der Waals surface area contributed by atoms with Crippen LogP contribution in [0.15, 0.2) is 18.3 Å². The lowest BCUT2D eigenvalue weighted by Gasteiger charge is -2.31. The predicted molar refractivity (Wildman–Crippen MR) is 81.4 cm³/mol. The van der Waals surface area contributed by atoms with E-state index in [9.17, 15) is 9.59 Å². The van der Waals surface area contributed by atoms with Crippen molar-refractivity contribution in [3.05, 3.63) is 18.3 Å². The van der Waals surface area contributed by atoms with Gasteiger partial charge >= 0.3 is 0 Å². The van der Waals surface area contributed by atoms with Crippen molar-refractivity contribution < 1.29 is 14.3 Å². The van der Waals surface area contributed by atoms with Crippen LogP contribution < -0.4 is 10.1 Å². The molecule has 0 spiro atoms. The Kier molecular flexibility index (Phi) is 4.27. The zero-order chi connectivity index (χ0) is 15.5. The number of nitrogens with one attached hydrogen (secondary N) is 1. The highest BCUT2D eigenvalue weighted by Crippen LogP contribution is 2.32. The van der Waals surface area contributed by atoms with Gasteiger partial charge in [-0.2, -0.15) is 0 Å². The molecule has 1 aromatic heterocycles. The van der Waals surface area contributed by atoms with E-state index in [1.54, 1.807) is 25.4 Å². The second-order valence-electron chi connectivity index (χ2n) is 5.95. The number of aromatic nitrogens is 1. The molecule has 2 aliphatic rings. The Morgan fingerprint density at radius 2 is 1.91 bits per heavy atom. The molecule has 2 fully saturated rings. The Morgan fingerprint density at radius 3 is 2.45 bits per heavy atom. The van der Waals surface area contributed by atoms with Crippen LogP contribution in [0.4, 0.5) is 5.69 Å². The van der Waals surface area contributed by atoms with Crippen LogP contribution >= 0.6 is 0 Å². The summed E-state index contributed by atoms with van der Waals surface area (Å²) in [4.78, 5) is 30.2. The van der Waals surface area contributed by atoms with Crippen LogP contribution in [0, 0.1) is 11.8 Å². The lowest BCUT2D eigenvalue weighted by Crippen LogP contribution is -2.42. The molecular weight excluding hydrogens is 282 g/mol. The summed E-state index contributed by atoms with van der Waals surface area (Å²) in [5.41, 5.74) is 0.669. The molecule has 1 aromatic rings. The average Bonchev–Trinajstić information content (AvgIpc) is 3.40. The molecule has 1 aliphatic heterocycles. The van der Waals surface area contributed by atoms with E-state index >= 15 is 0 Å². The highest BCUT2D eigenvalue weighted by Gasteiger charge is 2.35. The topological polar surface area (TPSA) is 71.5 Å². The van der Waals surface area contributed by atoms with Gasteiger partial charge in [-0.25, -0.2) is 4.98 Å². The van der Waals surface area contributed by atoms with E-state index in [4.69, 9.17) is 4.74 Å². The highest BCUT2D eigenvalue weighted by atomic mass is 16.5. The van der Waals surface area contributed by atoms with Gasteiger partial charge in [-0.05, 0) is 31.7 Å². The minimum absolute atomic E-state index is 0.00508. The fourth-order valence-electron chi connectivity index (χ4n) is 2.77. The number of hydrogen-bond acceptors (Lipinski definition) is 4. The summed E-state index contributed by atoms with van der Waals surface area (Å²) >= 11 is 0. The number of anilines is 1. The Morgan fingerprint density at radius 1 is 1.18 bits per heavy atom. The van der Waals surface area contributed by atoms with Crippen molar-refractivity contribution in [2.24, 2.45) is 11.8 Å². The van der Waals surface area contributed by atoms with Gasteiger partial charge in [0.2, 0.25) is 17.7 Å². The van der Waals surface area contributed by atoms with Gasteiger partial charge in [-0.3, -0.25) is 9.59 Å². The van der Waals surface area contributed by atoms with E-state index in [0.29, 0.717) is 24.7 Å². The molecule has 0 aromatic carbocycles. The van der Waals surface area contributed by atoms with Gasteiger partial charge in [0.25, 0.3) is 0 Å². The van der Waals surface area contributed by atoms with E-state index < -0.39 is 0 Å². The largest absolute Gasteiger partial charge is 0.481 e. The number of carbonyl (C=O) groups is 2. The predicted octanol–water partition coefficient (Wildman–Crippen LogP) is 1.68. The first-order valence-corrected chi connectivity index (χ1v) is 7.77. The normalized spacial score (nSPS) is 18.9. The molecule has 0 unspecified atom stereocenters. The van der Waals surface area contributed by atoms with Crippen LogP contribution in [0.3, 0.4) is 0 Å². The summed E-state index contributed by atoms with van der Waals surface area (Å²) in [6.07, 6.45) is 5.11. The van der Waals surface area contributed by atoms with E-state index in [1.807, 2.05) is 4.90 Å². The molecule has 2 amide bonds. The molecule has 1 N–H and O–H groups in total. The smallest absolute Gasteiger partial charge is 0.227 e. The van der Waals surface area contributed by atoms with Crippen molar-refractivity contribution >= 4 is 17.5 Å². The fraction of sp³-hybridized carbons (Fsp3) is 0.562. The lowest BCUT2D eigenvalue weighted by molar-refractivity contribution is -0.135. The third-order valence-corrected chi connectivity index (χ3v) is 4.32. The number of piperidine rings is 1. The van der Waals surface area contributed by atoms with Crippen LogP contribution in [0.5, 0.6) is 5.88 Å². The van der Waals surface area contributed by atoms with Gasteiger partial charge < -0.3 is 15.0 Å². The number of nitrogens with zero attached hydrogens (tertiary/aromatic N) is 2. The van der Waals surface area contributed by atoms with Gasteiger partial charge in [0.05, 0.1) is 19.0 Å². The van der Waals surface area contributed by atoms with E-state index in [-0.39, 0.29) is 23.7 Å². The highest BCUT2D eigenvalue weighted by molar-refractivity contribution is 5.92. The first-order chi connectivity index (χ1) is 10.7. The van der Waals surface area contributed by atoms with Crippen molar-refractivity contribution in [2.75, 3.05) is 25.5 Å². The summed E-state index contributed by atoms with van der Waals surface area (Å²) in [7, 11) is 1.55. The Balaban J connectivity index is 1.49. The van der Waals surface area contributed by atoms with E-state index in [2.05, 4.69) is 10.3 Å². The number of carbonyl (C=O) groups excluding carboxylic acids is 2. The molecule has 0 radical (unpaired) electrons. The summed E-state index contributed by atoms with van der Waals surface area (Å²) in [6.45, 7) is 1.38.